The smallest absolute Gasteiger partial charge is 0.416 e. The van der Waals surface area contributed by atoms with E-state index in [9.17, 15) is 4.79 Å². The number of amides is 1. The number of H-pyrrole nitrogens is 1. The lowest BCUT2D eigenvalue weighted by molar-refractivity contribution is -0.0684. The van der Waals surface area contributed by atoms with Crippen molar-refractivity contribution in [1.29, 1.82) is 0 Å². The number of nitrogens with zero attached hydrogens (tertiary/aromatic N) is 1. The van der Waals surface area contributed by atoms with Gasteiger partial charge in [-0.05, 0) is 48.2 Å². The lowest BCUT2D eigenvalue weighted by Gasteiger charge is -2.35. The molecular formula is C28H26Cl2N2O5. The molecule has 1 N–H and O–H groups in total. The first-order chi connectivity index (χ1) is 18.1. The Hall–Kier alpha value is -2.97. The topological polar surface area (TPSA) is 73.0 Å². The molecule has 2 aliphatic heterocycles. The van der Waals surface area contributed by atoms with Crippen LogP contribution in [0.2, 0.25) is 5.02 Å². The van der Waals surface area contributed by atoms with Crippen molar-refractivity contribution in [3.8, 4) is 11.5 Å². The molecule has 0 spiro atoms. The van der Waals surface area contributed by atoms with Crippen LogP contribution in [0.3, 0.4) is 0 Å². The third-order valence-electron chi connectivity index (χ3n) is 6.83. The molecule has 3 heterocycles. The van der Waals surface area contributed by atoms with Crippen molar-refractivity contribution in [3.05, 3.63) is 80.9 Å². The number of aromatic nitrogens is 1. The van der Waals surface area contributed by atoms with Crippen LogP contribution in [0.15, 0.2) is 48.5 Å². The molecule has 3 aliphatic rings. The molecule has 1 fully saturated rings. The van der Waals surface area contributed by atoms with Crippen molar-refractivity contribution in [2.24, 2.45) is 0 Å². The fourth-order valence-electron chi connectivity index (χ4n) is 5.08. The fourth-order valence-corrected chi connectivity index (χ4v) is 5.47. The molecular weight excluding hydrogens is 515 g/mol. The third kappa shape index (κ3) is 4.97. The van der Waals surface area contributed by atoms with Gasteiger partial charge in [0.1, 0.15) is 18.4 Å². The molecule has 0 bridgehead atoms. The maximum absolute atomic E-state index is 13.5. The molecule has 192 valence electrons. The standard InChI is InChI=1S/C28H26Cl2N2O5/c29-18-7-10-23-21(15-18)20-11-12-32(28(33)37-24-4-2-1-3-22(24)30)27(26(20)31-23)17-5-8-19(9-6-17)36-16-25-34-13-14-35-25/h1-6,8-10,15,18,25,27,31H,7,11-14,16H2. The van der Waals surface area contributed by atoms with Gasteiger partial charge in [0.25, 0.3) is 0 Å². The van der Waals surface area contributed by atoms with E-state index in [4.69, 9.17) is 42.1 Å². The molecule has 1 aromatic heterocycles. The number of hydrogen-bond donors (Lipinski definition) is 1. The number of nitrogens with one attached hydrogen (secondary N) is 1. The third-order valence-corrected chi connectivity index (χ3v) is 7.45. The summed E-state index contributed by atoms with van der Waals surface area (Å²) in [5.74, 6) is 1.03. The first-order valence-corrected chi connectivity index (χ1v) is 13.1. The monoisotopic (exact) mass is 540 g/mol. The van der Waals surface area contributed by atoms with E-state index in [2.05, 4.69) is 17.1 Å². The number of aromatic amines is 1. The fraction of sp³-hybridized carbons (Fsp3) is 0.321. The summed E-state index contributed by atoms with van der Waals surface area (Å²) >= 11 is 12.7. The molecule has 1 amide bonds. The van der Waals surface area contributed by atoms with Gasteiger partial charge in [0.15, 0.2) is 12.0 Å². The van der Waals surface area contributed by atoms with Gasteiger partial charge in [-0.2, -0.15) is 0 Å². The predicted octanol–water partition coefficient (Wildman–Crippen LogP) is 4.14. The summed E-state index contributed by atoms with van der Waals surface area (Å²) in [7, 11) is 0. The molecule has 37 heavy (non-hydrogen) atoms. The van der Waals surface area contributed by atoms with Crippen LogP contribution < -0.4 is 20.0 Å². The van der Waals surface area contributed by atoms with E-state index in [1.54, 1.807) is 29.2 Å². The van der Waals surface area contributed by atoms with Crippen LogP contribution in [0.4, 0.5) is 4.79 Å². The van der Waals surface area contributed by atoms with Gasteiger partial charge in [-0.1, -0.05) is 48.0 Å². The number of fused-ring (bicyclic) bond motifs is 3. The Morgan fingerprint density at radius 3 is 2.68 bits per heavy atom. The van der Waals surface area contributed by atoms with Crippen molar-refractivity contribution in [1.82, 2.24) is 9.88 Å². The quantitative estimate of drug-likeness (QED) is 0.492. The highest BCUT2D eigenvalue weighted by Crippen LogP contribution is 2.35. The summed E-state index contributed by atoms with van der Waals surface area (Å²) in [5.41, 5.74) is 3.07. The van der Waals surface area contributed by atoms with E-state index in [1.807, 2.05) is 24.3 Å². The minimum atomic E-state index is -0.463. The van der Waals surface area contributed by atoms with Crippen molar-refractivity contribution < 1.29 is 23.7 Å². The number of rotatable bonds is 5. The Bertz CT molecular complexity index is 1420. The van der Waals surface area contributed by atoms with Gasteiger partial charge in [0.05, 0.1) is 23.6 Å². The van der Waals surface area contributed by atoms with Gasteiger partial charge in [0, 0.05) is 22.8 Å². The number of halogens is 2. The summed E-state index contributed by atoms with van der Waals surface area (Å²) in [5, 5.41) is 2.51. The molecule has 1 saturated heterocycles. The van der Waals surface area contributed by atoms with E-state index in [-0.39, 0.29) is 17.7 Å². The average Bonchev–Trinajstić information content (AvgIpc) is 3.56. The van der Waals surface area contributed by atoms with E-state index in [0.29, 0.717) is 49.3 Å². The summed E-state index contributed by atoms with van der Waals surface area (Å²) in [6.07, 6.45) is 4.86. The number of hydrogen-bond acceptors (Lipinski definition) is 5. The van der Waals surface area contributed by atoms with Crippen LogP contribution >= 0.6 is 23.2 Å². The van der Waals surface area contributed by atoms with E-state index < -0.39 is 6.09 Å². The van der Waals surface area contributed by atoms with Crippen LogP contribution in [-0.2, 0) is 15.9 Å². The van der Waals surface area contributed by atoms with Crippen LogP contribution in [0.1, 0.15) is 29.3 Å². The molecule has 0 radical (unpaired) electrons. The van der Waals surface area contributed by atoms with Crippen LogP contribution in [0.5, 0.6) is 11.5 Å². The van der Waals surface area contributed by atoms with Gasteiger partial charge in [-0.25, -0.2) is 4.79 Å². The molecule has 2 aromatic carbocycles. The van der Waals surface area contributed by atoms with Crippen molar-refractivity contribution in [2.75, 3.05) is 26.4 Å². The van der Waals surface area contributed by atoms with Crippen LogP contribution in [0.25, 0.3) is 12.2 Å². The van der Waals surface area contributed by atoms with Gasteiger partial charge >= 0.3 is 6.09 Å². The van der Waals surface area contributed by atoms with Crippen LogP contribution in [-0.4, -0.2) is 54.0 Å². The maximum Gasteiger partial charge on any atom is 0.416 e. The Morgan fingerprint density at radius 2 is 1.89 bits per heavy atom. The summed E-state index contributed by atoms with van der Waals surface area (Å²) in [4.78, 5) is 18.8. The Morgan fingerprint density at radius 1 is 1.11 bits per heavy atom. The second-order valence-corrected chi connectivity index (χ2v) is 10.1. The molecule has 1 aliphatic carbocycles. The number of para-hydroxylation sites is 1. The first kappa shape index (κ1) is 24.4. The van der Waals surface area contributed by atoms with Gasteiger partial charge < -0.3 is 23.9 Å². The number of ether oxygens (including phenoxy) is 4. The van der Waals surface area contributed by atoms with Crippen LogP contribution in [0, 0.1) is 0 Å². The second-order valence-electron chi connectivity index (χ2n) is 9.16. The lowest BCUT2D eigenvalue weighted by Crippen LogP contribution is -2.43. The highest BCUT2D eigenvalue weighted by atomic mass is 35.5. The number of benzene rings is 2. The zero-order valence-electron chi connectivity index (χ0n) is 20.0. The lowest BCUT2D eigenvalue weighted by atomic mass is 9.92. The van der Waals surface area contributed by atoms with E-state index in [1.165, 1.54) is 5.56 Å². The Balaban J connectivity index is 1.33. The SMILES string of the molecule is O=C(Oc1ccccc1Cl)N1CCc2c([nH]c3c2=CC(Cl)CC=3)C1c1ccc(OCC2OCCO2)cc1. The van der Waals surface area contributed by atoms with Gasteiger partial charge in [-0.3, -0.25) is 4.90 Å². The average molecular weight is 541 g/mol. The molecule has 2 atom stereocenters. The second kappa shape index (κ2) is 10.4. The number of carbonyl (C=O) groups excluding carboxylic acids is 1. The summed E-state index contributed by atoms with van der Waals surface area (Å²) < 4.78 is 22.5. The van der Waals surface area contributed by atoms with Gasteiger partial charge in [-0.15, -0.1) is 11.6 Å². The van der Waals surface area contributed by atoms with E-state index in [0.717, 1.165) is 28.2 Å². The van der Waals surface area contributed by atoms with E-state index >= 15 is 0 Å². The zero-order chi connectivity index (χ0) is 25.4. The normalized spacial score (nSPS) is 21.0. The molecule has 0 saturated carbocycles. The highest BCUT2D eigenvalue weighted by Gasteiger charge is 2.36. The molecule has 2 unspecified atom stereocenters. The van der Waals surface area contributed by atoms with Gasteiger partial charge in [0.2, 0.25) is 0 Å². The number of carbonyl (C=O) groups is 1. The number of alkyl halides is 1. The molecule has 7 nitrogen and oxygen atoms in total. The minimum Gasteiger partial charge on any atom is -0.488 e. The highest BCUT2D eigenvalue weighted by molar-refractivity contribution is 6.32. The summed E-state index contributed by atoms with van der Waals surface area (Å²) in [6, 6.07) is 14.3. The Labute approximate surface area is 224 Å². The molecule has 9 heteroatoms. The molecule has 6 rings (SSSR count). The Kier molecular flexibility index (Phi) is 6.86. The van der Waals surface area contributed by atoms with Crippen molar-refractivity contribution in [2.45, 2.75) is 30.6 Å². The molecule has 3 aromatic rings. The first-order valence-electron chi connectivity index (χ1n) is 12.3. The zero-order valence-corrected chi connectivity index (χ0v) is 21.5. The minimum absolute atomic E-state index is 0.0432. The van der Waals surface area contributed by atoms with Crippen molar-refractivity contribution in [3.63, 3.8) is 0 Å². The maximum atomic E-state index is 13.5. The summed E-state index contributed by atoms with van der Waals surface area (Å²) in [6.45, 7) is 1.96. The van der Waals surface area contributed by atoms with Crippen molar-refractivity contribution >= 4 is 41.4 Å². The predicted molar refractivity (Wildman–Crippen MR) is 141 cm³/mol. The largest absolute Gasteiger partial charge is 0.488 e.